The van der Waals surface area contributed by atoms with Crippen molar-refractivity contribution in [1.82, 2.24) is 9.97 Å². The van der Waals surface area contributed by atoms with Crippen LogP contribution in [-0.4, -0.2) is 22.9 Å². The van der Waals surface area contributed by atoms with Gasteiger partial charge in [-0.2, -0.15) is 0 Å². The highest BCUT2D eigenvalue weighted by Gasteiger charge is 2.31. The number of hydrogen-bond acceptors (Lipinski definition) is 3. The number of aromatic amines is 1. The van der Waals surface area contributed by atoms with Crippen LogP contribution < -0.4 is 10.5 Å². The molecule has 2 aromatic rings. The lowest BCUT2D eigenvalue weighted by Crippen LogP contribution is -2.17. The predicted octanol–water partition coefficient (Wildman–Crippen LogP) is 3.18. The number of alkyl halides is 3. The summed E-state index contributed by atoms with van der Waals surface area (Å²) in [5, 5.41) is 0. The lowest BCUT2D eigenvalue weighted by molar-refractivity contribution is -0.274. The van der Waals surface area contributed by atoms with Crippen LogP contribution in [0.2, 0.25) is 0 Å². The number of nitrogens with zero attached hydrogens (tertiary/aromatic N) is 1. The molecule has 0 bridgehead atoms. The van der Waals surface area contributed by atoms with Gasteiger partial charge in [0.15, 0.2) is 0 Å². The van der Waals surface area contributed by atoms with Crippen molar-refractivity contribution in [2.75, 3.05) is 6.54 Å². The average Bonchev–Trinajstić information content (AvgIpc) is 2.93. The van der Waals surface area contributed by atoms with Crippen molar-refractivity contribution in [2.24, 2.45) is 5.73 Å². The molecule has 1 atom stereocenters. The Morgan fingerprint density at radius 1 is 1.24 bits per heavy atom. The molecule has 0 aliphatic heterocycles. The van der Waals surface area contributed by atoms with Crippen molar-refractivity contribution < 1.29 is 17.9 Å². The molecule has 0 amide bonds. The minimum absolute atomic E-state index is 0.0245. The van der Waals surface area contributed by atoms with Gasteiger partial charge in [0, 0.05) is 18.3 Å². The van der Waals surface area contributed by atoms with E-state index in [1.54, 1.807) is 24.5 Å². The summed E-state index contributed by atoms with van der Waals surface area (Å²) in [6.07, 6.45) is 0.245. The second kappa shape index (κ2) is 6.62. The topological polar surface area (TPSA) is 63.9 Å². The predicted molar refractivity (Wildman–Crippen MR) is 71.8 cm³/mol. The zero-order chi connectivity index (χ0) is 15.3. The van der Waals surface area contributed by atoms with Crippen molar-refractivity contribution in [1.29, 1.82) is 0 Å². The highest BCUT2D eigenvalue weighted by molar-refractivity contribution is 5.32. The van der Waals surface area contributed by atoms with E-state index >= 15 is 0 Å². The maximum Gasteiger partial charge on any atom is 0.573 e. The van der Waals surface area contributed by atoms with Gasteiger partial charge in [-0.3, -0.25) is 0 Å². The Labute approximate surface area is 120 Å². The Kier molecular flexibility index (Phi) is 4.85. The van der Waals surface area contributed by atoms with E-state index in [4.69, 9.17) is 5.73 Å². The van der Waals surface area contributed by atoms with E-state index < -0.39 is 6.36 Å². The lowest BCUT2D eigenvalue weighted by atomic mass is 9.93. The number of aromatic nitrogens is 2. The minimum Gasteiger partial charge on any atom is -0.406 e. The van der Waals surface area contributed by atoms with Crippen LogP contribution >= 0.6 is 0 Å². The summed E-state index contributed by atoms with van der Waals surface area (Å²) in [6.45, 7) is 0.548. The third-order valence-electron chi connectivity index (χ3n) is 3.06. The van der Waals surface area contributed by atoms with Gasteiger partial charge in [0.25, 0.3) is 0 Å². The van der Waals surface area contributed by atoms with Gasteiger partial charge in [-0.05, 0) is 37.1 Å². The Morgan fingerprint density at radius 2 is 1.95 bits per heavy atom. The van der Waals surface area contributed by atoms with E-state index in [0.29, 0.717) is 6.54 Å². The molecule has 0 fully saturated rings. The van der Waals surface area contributed by atoms with E-state index in [1.807, 2.05) is 0 Å². The number of rotatable bonds is 6. The van der Waals surface area contributed by atoms with Crippen molar-refractivity contribution in [3.05, 3.63) is 48.0 Å². The first kappa shape index (κ1) is 15.4. The molecule has 2 rings (SSSR count). The highest BCUT2D eigenvalue weighted by atomic mass is 19.4. The summed E-state index contributed by atoms with van der Waals surface area (Å²) in [5.74, 6) is 0.514. The summed E-state index contributed by atoms with van der Waals surface area (Å²) < 4.78 is 40.3. The highest BCUT2D eigenvalue weighted by Crippen LogP contribution is 2.29. The van der Waals surface area contributed by atoms with Crippen LogP contribution in [0.15, 0.2) is 36.7 Å². The van der Waals surface area contributed by atoms with E-state index in [9.17, 15) is 13.2 Å². The Morgan fingerprint density at radius 3 is 2.48 bits per heavy atom. The number of imidazole rings is 1. The van der Waals surface area contributed by atoms with Crippen molar-refractivity contribution in [3.63, 3.8) is 0 Å². The van der Waals surface area contributed by atoms with Crippen LogP contribution in [0.1, 0.15) is 30.1 Å². The summed E-state index contributed by atoms with van der Waals surface area (Å²) >= 11 is 0. The summed E-state index contributed by atoms with van der Waals surface area (Å²) in [5.41, 5.74) is 6.39. The largest absolute Gasteiger partial charge is 0.573 e. The van der Waals surface area contributed by atoms with E-state index in [0.717, 1.165) is 24.2 Å². The molecule has 7 heteroatoms. The molecule has 1 aromatic carbocycles. The molecule has 1 aromatic heterocycles. The fourth-order valence-electron chi connectivity index (χ4n) is 2.15. The molecular formula is C14H16F3N3O. The number of H-pyrrole nitrogens is 1. The van der Waals surface area contributed by atoms with Crippen molar-refractivity contribution in [3.8, 4) is 5.75 Å². The molecule has 0 saturated heterocycles. The van der Waals surface area contributed by atoms with Crippen molar-refractivity contribution in [2.45, 2.75) is 25.1 Å². The molecule has 1 unspecified atom stereocenters. The molecular weight excluding hydrogens is 283 g/mol. The van der Waals surface area contributed by atoms with Gasteiger partial charge in [-0.25, -0.2) is 4.98 Å². The fraction of sp³-hybridized carbons (Fsp3) is 0.357. The number of halogens is 3. The molecule has 3 N–H and O–H groups in total. The van der Waals surface area contributed by atoms with Gasteiger partial charge in [-0.15, -0.1) is 13.2 Å². The minimum atomic E-state index is -4.68. The third-order valence-corrected chi connectivity index (χ3v) is 3.06. The lowest BCUT2D eigenvalue weighted by Gasteiger charge is -2.16. The zero-order valence-electron chi connectivity index (χ0n) is 11.2. The van der Waals surface area contributed by atoms with Crippen LogP contribution in [0.4, 0.5) is 13.2 Å². The average molecular weight is 299 g/mol. The summed E-state index contributed by atoms with van der Waals surface area (Å²) in [7, 11) is 0. The Hall–Kier alpha value is -2.02. The molecule has 0 spiro atoms. The first-order valence-electron chi connectivity index (χ1n) is 6.54. The molecule has 114 valence electrons. The summed E-state index contributed by atoms with van der Waals surface area (Å²) in [6, 6.07) is 5.85. The Bertz CT molecular complexity index is 538. The van der Waals surface area contributed by atoms with Gasteiger partial charge in [0.05, 0.1) is 0 Å². The van der Waals surface area contributed by atoms with Crippen LogP contribution in [0.3, 0.4) is 0 Å². The van der Waals surface area contributed by atoms with Crippen LogP contribution in [0.25, 0.3) is 0 Å². The van der Waals surface area contributed by atoms with Gasteiger partial charge < -0.3 is 15.5 Å². The van der Waals surface area contributed by atoms with E-state index in [1.165, 1.54) is 12.1 Å². The first-order chi connectivity index (χ1) is 9.99. The smallest absolute Gasteiger partial charge is 0.406 e. The van der Waals surface area contributed by atoms with Crippen LogP contribution in [0, 0.1) is 0 Å². The standard InChI is InChI=1S/C14H16F3N3O/c15-14(16,17)21-11-5-3-10(4-6-11)12(2-1-7-18)13-19-8-9-20-13/h3-6,8-9,12H,1-2,7,18H2,(H,19,20). The monoisotopic (exact) mass is 299 g/mol. The SMILES string of the molecule is NCCCC(c1ccc(OC(F)(F)F)cc1)c1ncc[nH]1. The molecule has 0 radical (unpaired) electrons. The number of ether oxygens (including phenoxy) is 1. The third kappa shape index (κ3) is 4.49. The van der Waals surface area contributed by atoms with E-state index in [2.05, 4.69) is 14.7 Å². The zero-order valence-corrected chi connectivity index (χ0v) is 11.2. The maximum atomic E-state index is 12.1. The van der Waals surface area contributed by atoms with Gasteiger partial charge >= 0.3 is 6.36 Å². The van der Waals surface area contributed by atoms with Crippen molar-refractivity contribution >= 4 is 0 Å². The number of benzene rings is 1. The molecule has 0 aliphatic carbocycles. The number of nitrogens with two attached hydrogens (primary N) is 1. The molecule has 0 aliphatic rings. The van der Waals surface area contributed by atoms with Crippen LogP contribution in [0.5, 0.6) is 5.75 Å². The first-order valence-corrected chi connectivity index (χ1v) is 6.54. The Balaban J connectivity index is 2.17. The van der Waals surface area contributed by atoms with Gasteiger partial charge in [-0.1, -0.05) is 12.1 Å². The van der Waals surface area contributed by atoms with Gasteiger partial charge in [0.1, 0.15) is 11.6 Å². The number of hydrogen-bond donors (Lipinski definition) is 2. The molecule has 4 nitrogen and oxygen atoms in total. The second-order valence-corrected chi connectivity index (χ2v) is 4.57. The van der Waals surface area contributed by atoms with Crippen LogP contribution in [-0.2, 0) is 0 Å². The second-order valence-electron chi connectivity index (χ2n) is 4.57. The molecule has 21 heavy (non-hydrogen) atoms. The normalized spacial score (nSPS) is 13.1. The molecule has 1 heterocycles. The molecule has 0 saturated carbocycles. The van der Waals surface area contributed by atoms with E-state index in [-0.39, 0.29) is 11.7 Å². The quantitative estimate of drug-likeness (QED) is 0.861. The van der Waals surface area contributed by atoms with Gasteiger partial charge in [0.2, 0.25) is 0 Å². The fourth-order valence-corrected chi connectivity index (χ4v) is 2.15. The maximum absolute atomic E-state index is 12.1. The number of nitrogens with one attached hydrogen (secondary N) is 1. The summed E-state index contributed by atoms with van der Waals surface area (Å²) in [4.78, 5) is 7.25.